The molecule has 1 aromatic heterocycles. The van der Waals surface area contributed by atoms with E-state index in [9.17, 15) is 0 Å². The minimum atomic E-state index is 0.541. The molecule has 20 heavy (non-hydrogen) atoms. The predicted molar refractivity (Wildman–Crippen MR) is 83.8 cm³/mol. The van der Waals surface area contributed by atoms with Crippen molar-refractivity contribution in [2.24, 2.45) is 13.0 Å². The average Bonchev–Trinajstić information content (AvgIpc) is 2.81. The third-order valence-electron chi connectivity index (χ3n) is 4.43. The van der Waals surface area contributed by atoms with Crippen LogP contribution in [0.2, 0.25) is 0 Å². The summed E-state index contributed by atoms with van der Waals surface area (Å²) in [5.74, 6) is 0.704. The van der Waals surface area contributed by atoms with Crippen molar-refractivity contribution >= 4 is 0 Å². The van der Waals surface area contributed by atoms with E-state index in [0.717, 1.165) is 13.0 Å². The van der Waals surface area contributed by atoms with Crippen LogP contribution in [0.3, 0.4) is 0 Å². The van der Waals surface area contributed by atoms with E-state index in [2.05, 4.69) is 42.4 Å². The van der Waals surface area contributed by atoms with Crippen molar-refractivity contribution in [2.75, 3.05) is 26.7 Å². The topological polar surface area (TPSA) is 33.1 Å². The summed E-state index contributed by atoms with van der Waals surface area (Å²) in [6.45, 7) is 8.03. The highest BCUT2D eigenvalue weighted by Crippen LogP contribution is 2.37. The molecule has 2 unspecified atom stereocenters. The zero-order chi connectivity index (χ0) is 14.5. The molecule has 2 atom stereocenters. The maximum absolute atomic E-state index is 4.66. The number of aromatic nitrogens is 2. The highest BCUT2D eigenvalue weighted by Gasteiger charge is 2.33. The molecule has 114 valence electrons. The minimum Gasteiger partial charge on any atom is -0.319 e. The van der Waals surface area contributed by atoms with E-state index in [0.29, 0.717) is 12.0 Å². The Morgan fingerprint density at radius 3 is 2.85 bits per heavy atom. The second-order valence-corrected chi connectivity index (χ2v) is 6.00. The number of hydrogen-bond donors (Lipinski definition) is 1. The van der Waals surface area contributed by atoms with E-state index in [1.54, 1.807) is 0 Å². The summed E-state index contributed by atoms with van der Waals surface area (Å²) < 4.78 is 1.99. The molecule has 0 amide bonds. The molecule has 0 saturated carbocycles. The van der Waals surface area contributed by atoms with Crippen LogP contribution in [0.25, 0.3) is 0 Å². The number of aryl methyl sites for hydroxylation is 2. The van der Waals surface area contributed by atoms with E-state index in [4.69, 9.17) is 0 Å². The van der Waals surface area contributed by atoms with Gasteiger partial charge in [-0.3, -0.25) is 9.58 Å². The Morgan fingerprint density at radius 2 is 2.20 bits per heavy atom. The van der Waals surface area contributed by atoms with Crippen LogP contribution < -0.4 is 5.32 Å². The molecule has 2 heterocycles. The Bertz CT molecular complexity index is 395. The van der Waals surface area contributed by atoms with Gasteiger partial charge in [-0.1, -0.05) is 13.8 Å². The first kappa shape index (κ1) is 15.5. The Labute approximate surface area is 123 Å². The third-order valence-corrected chi connectivity index (χ3v) is 4.43. The van der Waals surface area contributed by atoms with Crippen LogP contribution in [0.5, 0.6) is 0 Å². The van der Waals surface area contributed by atoms with Gasteiger partial charge < -0.3 is 5.32 Å². The molecule has 0 aromatic carbocycles. The molecule has 2 rings (SSSR count). The molecular formula is C16H30N4. The van der Waals surface area contributed by atoms with Gasteiger partial charge >= 0.3 is 0 Å². The Kier molecular flexibility index (Phi) is 5.61. The number of likely N-dealkylation sites (tertiary alicyclic amines) is 1. The van der Waals surface area contributed by atoms with E-state index in [1.807, 2.05) is 11.7 Å². The first-order chi connectivity index (χ1) is 9.71. The molecule has 0 radical (unpaired) electrons. The predicted octanol–water partition coefficient (Wildman–Crippen LogP) is 2.37. The summed E-state index contributed by atoms with van der Waals surface area (Å²) in [4.78, 5) is 2.68. The van der Waals surface area contributed by atoms with Crippen LogP contribution in [-0.4, -0.2) is 41.4 Å². The Hall–Kier alpha value is -0.870. The van der Waals surface area contributed by atoms with E-state index in [1.165, 1.54) is 43.6 Å². The standard InChI is InChI=1S/C16H30N4/c1-5-9-20-10-7-8-13(11-17-3)16(20)14-12-19(4)18-15(14)6-2/h12-13,16-17H,5-11H2,1-4H3. The van der Waals surface area contributed by atoms with Crippen molar-refractivity contribution in [1.29, 1.82) is 0 Å². The zero-order valence-electron chi connectivity index (χ0n) is 13.5. The van der Waals surface area contributed by atoms with Gasteiger partial charge in [-0.15, -0.1) is 0 Å². The average molecular weight is 278 g/mol. The SMILES string of the molecule is CCCN1CCCC(CNC)C1c1cn(C)nc1CC. The summed E-state index contributed by atoms with van der Waals surface area (Å²) in [6, 6.07) is 0.541. The minimum absolute atomic E-state index is 0.541. The van der Waals surface area contributed by atoms with Crippen molar-refractivity contribution in [3.8, 4) is 0 Å². The van der Waals surface area contributed by atoms with Gasteiger partial charge in [-0.2, -0.15) is 5.10 Å². The fourth-order valence-corrected chi connectivity index (χ4v) is 3.69. The highest BCUT2D eigenvalue weighted by molar-refractivity contribution is 5.23. The monoisotopic (exact) mass is 278 g/mol. The molecule has 0 spiro atoms. The molecule has 4 nitrogen and oxygen atoms in total. The number of piperidine rings is 1. The van der Waals surface area contributed by atoms with Gasteiger partial charge in [0.2, 0.25) is 0 Å². The van der Waals surface area contributed by atoms with Gasteiger partial charge in [0, 0.05) is 24.8 Å². The molecule has 1 aliphatic rings. The second-order valence-electron chi connectivity index (χ2n) is 6.00. The first-order valence-corrected chi connectivity index (χ1v) is 8.12. The largest absolute Gasteiger partial charge is 0.319 e. The lowest BCUT2D eigenvalue weighted by molar-refractivity contribution is 0.0918. The molecule has 1 saturated heterocycles. The van der Waals surface area contributed by atoms with Crippen LogP contribution in [0.4, 0.5) is 0 Å². The fourth-order valence-electron chi connectivity index (χ4n) is 3.69. The summed E-state index contributed by atoms with van der Waals surface area (Å²) in [7, 11) is 4.11. The fraction of sp³-hybridized carbons (Fsp3) is 0.812. The van der Waals surface area contributed by atoms with Crippen molar-refractivity contribution in [3.63, 3.8) is 0 Å². The van der Waals surface area contributed by atoms with Gasteiger partial charge in [-0.05, 0) is 58.3 Å². The number of nitrogens with one attached hydrogen (secondary N) is 1. The maximum Gasteiger partial charge on any atom is 0.0669 e. The zero-order valence-corrected chi connectivity index (χ0v) is 13.5. The van der Waals surface area contributed by atoms with Crippen LogP contribution in [0.1, 0.15) is 50.4 Å². The number of hydrogen-bond acceptors (Lipinski definition) is 3. The van der Waals surface area contributed by atoms with Crippen molar-refractivity contribution < 1.29 is 0 Å². The van der Waals surface area contributed by atoms with Gasteiger partial charge in [0.15, 0.2) is 0 Å². The normalized spacial score (nSPS) is 24.2. The van der Waals surface area contributed by atoms with Gasteiger partial charge in [0.1, 0.15) is 0 Å². The molecule has 1 aromatic rings. The van der Waals surface area contributed by atoms with Crippen molar-refractivity contribution in [3.05, 3.63) is 17.5 Å². The smallest absolute Gasteiger partial charge is 0.0669 e. The van der Waals surface area contributed by atoms with Crippen LogP contribution in [-0.2, 0) is 13.5 Å². The Morgan fingerprint density at radius 1 is 1.40 bits per heavy atom. The third kappa shape index (κ3) is 3.23. The highest BCUT2D eigenvalue weighted by atomic mass is 15.3. The lowest BCUT2D eigenvalue weighted by Crippen LogP contribution is -2.42. The lowest BCUT2D eigenvalue weighted by atomic mass is 9.84. The molecular weight excluding hydrogens is 248 g/mol. The van der Waals surface area contributed by atoms with Gasteiger partial charge in [-0.25, -0.2) is 0 Å². The molecule has 1 N–H and O–H groups in total. The van der Waals surface area contributed by atoms with Crippen LogP contribution >= 0.6 is 0 Å². The van der Waals surface area contributed by atoms with Crippen LogP contribution in [0.15, 0.2) is 6.20 Å². The lowest BCUT2D eigenvalue weighted by Gasteiger charge is -2.41. The summed E-state index contributed by atoms with van der Waals surface area (Å²) in [5.41, 5.74) is 2.74. The summed E-state index contributed by atoms with van der Waals surface area (Å²) >= 11 is 0. The van der Waals surface area contributed by atoms with E-state index in [-0.39, 0.29) is 0 Å². The second kappa shape index (κ2) is 7.23. The molecule has 1 fully saturated rings. The first-order valence-electron chi connectivity index (χ1n) is 8.12. The molecule has 4 heteroatoms. The quantitative estimate of drug-likeness (QED) is 0.867. The van der Waals surface area contributed by atoms with Crippen LogP contribution in [0, 0.1) is 5.92 Å². The maximum atomic E-state index is 4.66. The molecule has 0 aliphatic carbocycles. The summed E-state index contributed by atoms with van der Waals surface area (Å²) in [6.07, 6.45) is 7.15. The van der Waals surface area contributed by atoms with Crippen molar-refractivity contribution in [2.45, 2.75) is 45.6 Å². The molecule has 1 aliphatic heterocycles. The summed E-state index contributed by atoms with van der Waals surface area (Å²) in [5, 5.41) is 8.05. The number of nitrogens with zero attached hydrogens (tertiary/aromatic N) is 3. The van der Waals surface area contributed by atoms with Crippen molar-refractivity contribution in [1.82, 2.24) is 20.0 Å². The molecule has 0 bridgehead atoms. The van der Waals surface area contributed by atoms with E-state index >= 15 is 0 Å². The number of rotatable bonds is 6. The van der Waals surface area contributed by atoms with Gasteiger partial charge in [0.05, 0.1) is 5.69 Å². The Balaban J connectivity index is 2.32. The van der Waals surface area contributed by atoms with E-state index < -0.39 is 0 Å². The van der Waals surface area contributed by atoms with Gasteiger partial charge in [0.25, 0.3) is 0 Å².